The second-order valence-corrected chi connectivity index (χ2v) is 2.35. The first kappa shape index (κ1) is 8.01. The number of hydrogen-bond donors (Lipinski definition) is 0. The van der Waals surface area contributed by atoms with Gasteiger partial charge in [-0.05, 0) is 0 Å². The number of ether oxygens (including phenoxy) is 1. The third-order valence-electron chi connectivity index (χ3n) is 0.634. The molecule has 0 aliphatic heterocycles. The van der Waals surface area contributed by atoms with Crippen molar-refractivity contribution in [3.63, 3.8) is 0 Å². The minimum atomic E-state index is -0.0880. The number of hydrogen-bond acceptors (Lipinski definition) is 2. The van der Waals surface area contributed by atoms with Crippen molar-refractivity contribution < 1.29 is 9.53 Å². The van der Waals surface area contributed by atoms with Crippen LogP contribution in [0.3, 0.4) is 0 Å². The molecule has 0 spiro atoms. The first-order chi connectivity index (χ1) is 3.81. The zero-order chi connectivity index (χ0) is 6.41. The normalized spacial score (nSPS) is 8.75. The molecule has 0 saturated heterocycles. The molecule has 0 heterocycles. The second kappa shape index (κ2) is 5.16. The first-order valence-corrected chi connectivity index (χ1v) is 4.09. The summed E-state index contributed by atoms with van der Waals surface area (Å²) >= 11 is 1.96. The van der Waals surface area contributed by atoms with Crippen LogP contribution in [-0.2, 0) is 9.53 Å². The Labute approximate surface area is 57.8 Å². The molecule has 0 fully saturated rings. The average Bonchev–Trinajstić information content (AvgIpc) is 1.68. The topological polar surface area (TPSA) is 26.3 Å². The predicted molar refractivity (Wildman–Crippen MR) is 31.8 cm³/mol. The van der Waals surface area contributed by atoms with Gasteiger partial charge in [0, 0.05) is 0 Å². The first-order valence-electron chi connectivity index (χ1n) is 2.61. The molecule has 0 saturated carbocycles. The number of carbonyl (C=O) groups is 1. The quantitative estimate of drug-likeness (QED) is 0.460. The van der Waals surface area contributed by atoms with Crippen molar-refractivity contribution >= 4 is 22.5 Å². The van der Waals surface area contributed by atoms with Crippen molar-refractivity contribution in [1.29, 1.82) is 0 Å². The molecule has 8 heavy (non-hydrogen) atoms. The Balaban J connectivity index is 3.06. The summed E-state index contributed by atoms with van der Waals surface area (Å²) in [5.41, 5.74) is 0. The van der Waals surface area contributed by atoms with E-state index in [9.17, 15) is 4.79 Å². The van der Waals surface area contributed by atoms with Crippen molar-refractivity contribution in [2.75, 3.05) is 6.61 Å². The van der Waals surface area contributed by atoms with Crippen LogP contribution < -0.4 is 0 Å². The molecule has 0 aliphatic carbocycles. The van der Waals surface area contributed by atoms with E-state index in [0.717, 1.165) is 5.25 Å². The fraction of sp³-hybridized carbons (Fsp3) is 0.800. The Bertz CT molecular complexity index is 64.8. The molecule has 0 amide bonds. The number of carbonyl (C=O) groups excluding carboxylic acids is 1. The Morgan fingerprint density at radius 1 is 1.75 bits per heavy atom. The summed E-state index contributed by atoms with van der Waals surface area (Å²) in [5.74, 6) is -0.0880. The van der Waals surface area contributed by atoms with Crippen LogP contribution in [0.15, 0.2) is 0 Å². The zero-order valence-electron chi connectivity index (χ0n) is 4.94. The molecule has 0 aliphatic rings. The van der Waals surface area contributed by atoms with E-state index in [2.05, 4.69) is 4.74 Å². The summed E-state index contributed by atoms with van der Waals surface area (Å²) in [6.45, 7) is 2.31. The third-order valence-corrected chi connectivity index (χ3v) is 1.16. The standard InChI is InChI=1S/C5H9GeO2/c1-2-8-5(7)3-4-6/h2-4H2,1H3. The molecular formula is C5H9GeO2. The number of rotatable bonds is 3. The second-order valence-electron chi connectivity index (χ2n) is 1.31. The van der Waals surface area contributed by atoms with Gasteiger partial charge >= 0.3 is 57.2 Å². The predicted octanol–water partition coefficient (Wildman–Crippen LogP) is 0.526. The van der Waals surface area contributed by atoms with Crippen molar-refractivity contribution in [3.05, 3.63) is 0 Å². The van der Waals surface area contributed by atoms with Crippen LogP contribution in [0.2, 0.25) is 5.25 Å². The molecule has 0 N–H and O–H groups in total. The van der Waals surface area contributed by atoms with Gasteiger partial charge in [-0.25, -0.2) is 0 Å². The fourth-order valence-corrected chi connectivity index (χ4v) is 0.763. The summed E-state index contributed by atoms with van der Waals surface area (Å²) in [5, 5.41) is 0.874. The summed E-state index contributed by atoms with van der Waals surface area (Å²) < 4.78 is 4.64. The maximum absolute atomic E-state index is 10.4. The van der Waals surface area contributed by atoms with Gasteiger partial charge in [-0.15, -0.1) is 0 Å². The van der Waals surface area contributed by atoms with Gasteiger partial charge in [-0.1, -0.05) is 0 Å². The van der Waals surface area contributed by atoms with Gasteiger partial charge in [0.05, 0.1) is 0 Å². The van der Waals surface area contributed by atoms with Gasteiger partial charge in [-0.2, -0.15) is 0 Å². The van der Waals surface area contributed by atoms with Crippen LogP contribution in [0.25, 0.3) is 0 Å². The monoisotopic (exact) mass is 175 g/mol. The van der Waals surface area contributed by atoms with Crippen LogP contribution in [0, 0.1) is 0 Å². The van der Waals surface area contributed by atoms with Crippen LogP contribution in [0.4, 0.5) is 0 Å². The Morgan fingerprint density at radius 2 is 2.38 bits per heavy atom. The Morgan fingerprint density at radius 3 is 2.75 bits per heavy atom. The van der Waals surface area contributed by atoms with Crippen LogP contribution >= 0.6 is 0 Å². The van der Waals surface area contributed by atoms with Gasteiger partial charge in [-0.3, -0.25) is 0 Å². The third kappa shape index (κ3) is 4.18. The van der Waals surface area contributed by atoms with Crippen LogP contribution in [-0.4, -0.2) is 29.1 Å². The SMILES string of the molecule is CCOC(=O)C[CH2][Ge]. The van der Waals surface area contributed by atoms with Gasteiger partial charge in [0.25, 0.3) is 0 Å². The molecule has 0 aromatic heterocycles. The van der Waals surface area contributed by atoms with E-state index in [1.807, 2.05) is 23.4 Å². The molecule has 0 bridgehead atoms. The summed E-state index contributed by atoms with van der Waals surface area (Å²) in [7, 11) is 0. The van der Waals surface area contributed by atoms with Crippen molar-refractivity contribution in [2.45, 2.75) is 18.6 Å². The van der Waals surface area contributed by atoms with Gasteiger partial charge in [0.2, 0.25) is 0 Å². The van der Waals surface area contributed by atoms with E-state index in [1.165, 1.54) is 0 Å². The Kier molecular flexibility index (Phi) is 5.16. The summed E-state index contributed by atoms with van der Waals surface area (Å²) in [4.78, 5) is 10.4. The van der Waals surface area contributed by atoms with Crippen molar-refractivity contribution in [3.8, 4) is 0 Å². The van der Waals surface area contributed by atoms with Gasteiger partial charge in [0.1, 0.15) is 0 Å². The van der Waals surface area contributed by atoms with E-state index >= 15 is 0 Å². The minimum absolute atomic E-state index is 0.0880. The average molecular weight is 174 g/mol. The molecule has 2 nitrogen and oxygen atoms in total. The summed E-state index contributed by atoms with van der Waals surface area (Å²) in [6.07, 6.45) is 0.549. The molecule has 3 radical (unpaired) electrons. The molecule has 0 unspecified atom stereocenters. The molecule has 0 atom stereocenters. The molecule has 0 aromatic carbocycles. The zero-order valence-corrected chi connectivity index (χ0v) is 7.04. The van der Waals surface area contributed by atoms with Crippen LogP contribution in [0.1, 0.15) is 13.3 Å². The fourth-order valence-electron chi connectivity index (χ4n) is 0.335. The van der Waals surface area contributed by atoms with E-state index in [1.54, 1.807) is 0 Å². The van der Waals surface area contributed by atoms with Crippen LogP contribution in [0.5, 0.6) is 0 Å². The molecule has 3 heteroatoms. The number of esters is 1. The van der Waals surface area contributed by atoms with Crippen molar-refractivity contribution in [1.82, 2.24) is 0 Å². The van der Waals surface area contributed by atoms with E-state index < -0.39 is 0 Å². The maximum atomic E-state index is 10.4. The molecule has 45 valence electrons. The van der Waals surface area contributed by atoms with E-state index in [4.69, 9.17) is 0 Å². The van der Waals surface area contributed by atoms with E-state index in [-0.39, 0.29) is 5.97 Å². The molecule has 0 rings (SSSR count). The summed E-state index contributed by atoms with van der Waals surface area (Å²) in [6, 6.07) is 0. The molecule has 0 aromatic rings. The Hall–Kier alpha value is 0.0129. The van der Waals surface area contributed by atoms with Gasteiger partial charge < -0.3 is 0 Å². The van der Waals surface area contributed by atoms with Crippen molar-refractivity contribution in [2.24, 2.45) is 0 Å². The van der Waals surface area contributed by atoms with Gasteiger partial charge in [0.15, 0.2) is 0 Å². The molecular weight excluding hydrogens is 165 g/mol. The van der Waals surface area contributed by atoms with E-state index in [0.29, 0.717) is 13.0 Å².